The first-order valence-corrected chi connectivity index (χ1v) is 5.26. The average Bonchev–Trinajstić information content (AvgIpc) is 2.55. The topological polar surface area (TPSA) is 27.1 Å². The first-order valence-electron chi connectivity index (χ1n) is 4.47. The Kier molecular flexibility index (Phi) is 2.46. The minimum atomic E-state index is 0.815. The number of aryl methyl sites for hydroxylation is 1. The van der Waals surface area contributed by atoms with Crippen molar-refractivity contribution < 1.29 is 4.74 Å². The van der Waals surface area contributed by atoms with Gasteiger partial charge in [-0.25, -0.2) is 0 Å². The zero-order valence-electron chi connectivity index (χ0n) is 8.12. The monoisotopic (exact) mass is 254 g/mol. The first kappa shape index (κ1) is 9.52. The van der Waals surface area contributed by atoms with Gasteiger partial charge in [0.15, 0.2) is 0 Å². The quantitative estimate of drug-likeness (QED) is 0.825. The highest BCUT2D eigenvalue weighted by Gasteiger charge is 2.10. The molecule has 74 valence electrons. The summed E-state index contributed by atoms with van der Waals surface area (Å²) in [5.41, 5.74) is 0.906. The van der Waals surface area contributed by atoms with Crippen LogP contribution in [-0.4, -0.2) is 16.9 Å². The number of fused-ring (bicyclic) bond motifs is 1. The van der Waals surface area contributed by atoms with Crippen LogP contribution in [0.1, 0.15) is 6.92 Å². The standard InChI is InChI=1S/C10H11BrN2O/c1-3-13-10(11)7-5-4-6-8(14-2)9(7)12-13/h4-6H,3H2,1-2H3. The predicted octanol–water partition coefficient (Wildman–Crippen LogP) is 2.83. The van der Waals surface area contributed by atoms with Crippen LogP contribution in [0, 0.1) is 0 Å². The summed E-state index contributed by atoms with van der Waals surface area (Å²) in [6.07, 6.45) is 0. The van der Waals surface area contributed by atoms with Gasteiger partial charge in [0.2, 0.25) is 0 Å². The maximum atomic E-state index is 5.24. The van der Waals surface area contributed by atoms with Crippen molar-refractivity contribution in [2.75, 3.05) is 7.11 Å². The van der Waals surface area contributed by atoms with Crippen molar-refractivity contribution in [3.8, 4) is 5.75 Å². The zero-order chi connectivity index (χ0) is 10.1. The van der Waals surface area contributed by atoms with Gasteiger partial charge in [-0.15, -0.1) is 0 Å². The highest BCUT2D eigenvalue weighted by molar-refractivity contribution is 9.10. The van der Waals surface area contributed by atoms with Crippen molar-refractivity contribution in [1.29, 1.82) is 0 Å². The fourth-order valence-electron chi connectivity index (χ4n) is 1.47. The number of halogens is 1. The molecule has 14 heavy (non-hydrogen) atoms. The van der Waals surface area contributed by atoms with Gasteiger partial charge in [-0.05, 0) is 35.0 Å². The number of hydrogen-bond acceptors (Lipinski definition) is 2. The van der Waals surface area contributed by atoms with Gasteiger partial charge in [0.05, 0.1) is 7.11 Å². The van der Waals surface area contributed by atoms with Gasteiger partial charge in [0, 0.05) is 11.9 Å². The molecule has 0 saturated heterocycles. The van der Waals surface area contributed by atoms with Gasteiger partial charge >= 0.3 is 0 Å². The Hall–Kier alpha value is -1.03. The molecular formula is C10H11BrN2O. The maximum Gasteiger partial charge on any atom is 0.147 e. The summed E-state index contributed by atoms with van der Waals surface area (Å²) in [5, 5.41) is 5.54. The van der Waals surface area contributed by atoms with E-state index in [1.54, 1.807) is 7.11 Å². The molecule has 4 heteroatoms. The molecule has 0 fully saturated rings. The average molecular weight is 255 g/mol. The van der Waals surface area contributed by atoms with E-state index < -0.39 is 0 Å². The van der Waals surface area contributed by atoms with Crippen LogP contribution < -0.4 is 4.74 Å². The summed E-state index contributed by atoms with van der Waals surface area (Å²) < 4.78 is 8.16. The third-order valence-corrected chi connectivity index (χ3v) is 3.02. The van der Waals surface area contributed by atoms with Gasteiger partial charge in [0.25, 0.3) is 0 Å². The number of aromatic nitrogens is 2. The maximum absolute atomic E-state index is 5.24. The molecule has 0 N–H and O–H groups in total. The Labute approximate surface area is 90.8 Å². The van der Waals surface area contributed by atoms with E-state index >= 15 is 0 Å². The van der Waals surface area contributed by atoms with E-state index in [4.69, 9.17) is 4.74 Å². The molecule has 1 aromatic heterocycles. The van der Waals surface area contributed by atoms with Crippen molar-refractivity contribution >= 4 is 26.8 Å². The minimum Gasteiger partial charge on any atom is -0.494 e. The van der Waals surface area contributed by atoms with Crippen LogP contribution in [0.3, 0.4) is 0 Å². The summed E-state index contributed by atoms with van der Waals surface area (Å²) in [4.78, 5) is 0. The number of rotatable bonds is 2. The van der Waals surface area contributed by atoms with Gasteiger partial charge in [0.1, 0.15) is 15.9 Å². The van der Waals surface area contributed by atoms with Crippen LogP contribution in [0.15, 0.2) is 22.8 Å². The van der Waals surface area contributed by atoms with Crippen LogP contribution in [-0.2, 0) is 6.54 Å². The lowest BCUT2D eigenvalue weighted by Gasteiger charge is -1.98. The van der Waals surface area contributed by atoms with Crippen LogP contribution in [0.5, 0.6) is 5.75 Å². The third-order valence-electron chi connectivity index (χ3n) is 2.19. The molecule has 0 amide bonds. The second kappa shape index (κ2) is 3.61. The molecule has 1 aromatic carbocycles. The molecule has 0 radical (unpaired) electrons. The SMILES string of the molecule is CCn1nc2c(OC)cccc2c1Br. The molecule has 0 bridgehead atoms. The highest BCUT2D eigenvalue weighted by atomic mass is 79.9. The third kappa shape index (κ3) is 1.30. The lowest BCUT2D eigenvalue weighted by atomic mass is 10.2. The van der Waals surface area contributed by atoms with E-state index in [2.05, 4.69) is 28.0 Å². The fourth-order valence-corrected chi connectivity index (χ4v) is 2.12. The number of hydrogen-bond donors (Lipinski definition) is 0. The fraction of sp³-hybridized carbons (Fsp3) is 0.300. The van der Waals surface area contributed by atoms with E-state index in [9.17, 15) is 0 Å². The van der Waals surface area contributed by atoms with Crippen molar-refractivity contribution in [3.63, 3.8) is 0 Å². The predicted molar refractivity (Wildman–Crippen MR) is 59.7 cm³/mol. The molecular weight excluding hydrogens is 244 g/mol. The molecule has 3 nitrogen and oxygen atoms in total. The Balaban J connectivity index is 2.77. The largest absolute Gasteiger partial charge is 0.494 e. The van der Waals surface area contributed by atoms with Crippen LogP contribution in [0.4, 0.5) is 0 Å². The second-order valence-corrected chi connectivity index (χ2v) is 3.71. The van der Waals surface area contributed by atoms with Crippen molar-refractivity contribution in [2.24, 2.45) is 0 Å². The Morgan fingerprint density at radius 1 is 1.50 bits per heavy atom. The van der Waals surface area contributed by atoms with Crippen LogP contribution in [0.2, 0.25) is 0 Å². The molecule has 0 atom stereocenters. The summed E-state index contributed by atoms with van der Waals surface area (Å²) in [7, 11) is 1.66. The second-order valence-electron chi connectivity index (χ2n) is 2.96. The van der Waals surface area contributed by atoms with Crippen molar-refractivity contribution in [3.05, 3.63) is 22.8 Å². The van der Waals surface area contributed by atoms with Gasteiger partial charge in [-0.1, -0.05) is 6.07 Å². The highest BCUT2D eigenvalue weighted by Crippen LogP contribution is 2.29. The van der Waals surface area contributed by atoms with Gasteiger partial charge in [-0.2, -0.15) is 5.10 Å². The molecule has 2 rings (SSSR count). The molecule has 0 saturated carbocycles. The molecule has 2 aromatic rings. The number of benzene rings is 1. The van der Waals surface area contributed by atoms with Crippen molar-refractivity contribution in [2.45, 2.75) is 13.5 Å². The summed E-state index contributed by atoms with van der Waals surface area (Å²) in [6.45, 7) is 2.90. The van der Waals surface area contributed by atoms with E-state index in [-0.39, 0.29) is 0 Å². The number of methoxy groups -OCH3 is 1. The molecule has 1 heterocycles. The summed E-state index contributed by atoms with van der Waals surface area (Å²) in [5.74, 6) is 0.815. The minimum absolute atomic E-state index is 0.815. The van der Waals surface area contributed by atoms with Crippen LogP contribution in [0.25, 0.3) is 10.9 Å². The van der Waals surface area contributed by atoms with Gasteiger partial charge in [-0.3, -0.25) is 4.68 Å². The van der Waals surface area contributed by atoms with E-state index in [1.165, 1.54) is 0 Å². The first-order chi connectivity index (χ1) is 6.77. The summed E-state index contributed by atoms with van der Waals surface area (Å²) >= 11 is 3.52. The van der Waals surface area contributed by atoms with E-state index in [0.717, 1.165) is 27.8 Å². The number of ether oxygens (including phenoxy) is 1. The molecule has 0 aliphatic heterocycles. The van der Waals surface area contributed by atoms with Gasteiger partial charge < -0.3 is 4.74 Å². The normalized spacial score (nSPS) is 10.8. The molecule has 0 spiro atoms. The summed E-state index contributed by atoms with van der Waals surface area (Å²) in [6, 6.07) is 5.91. The Morgan fingerprint density at radius 2 is 2.29 bits per heavy atom. The Morgan fingerprint density at radius 3 is 2.93 bits per heavy atom. The lowest BCUT2D eigenvalue weighted by Crippen LogP contribution is -1.95. The smallest absolute Gasteiger partial charge is 0.147 e. The van der Waals surface area contributed by atoms with E-state index in [1.807, 2.05) is 22.9 Å². The lowest BCUT2D eigenvalue weighted by molar-refractivity contribution is 0.418. The van der Waals surface area contributed by atoms with Crippen LogP contribution >= 0.6 is 15.9 Å². The molecule has 0 aliphatic carbocycles. The molecule has 0 aliphatic rings. The molecule has 0 unspecified atom stereocenters. The van der Waals surface area contributed by atoms with Crippen molar-refractivity contribution in [1.82, 2.24) is 9.78 Å². The number of nitrogens with zero attached hydrogens (tertiary/aromatic N) is 2. The Bertz CT molecular complexity index is 464. The zero-order valence-corrected chi connectivity index (χ0v) is 9.71. The van der Waals surface area contributed by atoms with E-state index in [0.29, 0.717) is 0 Å².